The highest BCUT2D eigenvalue weighted by Gasteiger charge is 2.25. The van der Waals surface area contributed by atoms with E-state index in [0.29, 0.717) is 19.1 Å². The van der Waals surface area contributed by atoms with Crippen molar-refractivity contribution in [3.63, 3.8) is 0 Å². The maximum Gasteiger partial charge on any atom is 0.193 e. The summed E-state index contributed by atoms with van der Waals surface area (Å²) in [7, 11) is 5.90. The van der Waals surface area contributed by atoms with Gasteiger partial charge in [-0.15, -0.1) is 0 Å². The third-order valence-electron chi connectivity index (χ3n) is 5.92. The van der Waals surface area contributed by atoms with E-state index in [4.69, 9.17) is 14.5 Å². The van der Waals surface area contributed by atoms with Crippen LogP contribution in [0.3, 0.4) is 0 Å². The number of aliphatic imine (C=N–C) groups is 1. The number of likely N-dealkylation sites (tertiary alicyclic amines) is 1. The van der Waals surface area contributed by atoms with Gasteiger partial charge in [-0.2, -0.15) is 0 Å². The van der Waals surface area contributed by atoms with Crippen molar-refractivity contribution in [2.24, 2.45) is 10.9 Å². The molecule has 3 rings (SSSR count). The first-order valence-electron chi connectivity index (χ1n) is 11.6. The van der Waals surface area contributed by atoms with Crippen molar-refractivity contribution in [2.75, 3.05) is 54.0 Å². The number of benzene rings is 2. The van der Waals surface area contributed by atoms with Gasteiger partial charge < -0.3 is 24.6 Å². The van der Waals surface area contributed by atoms with E-state index < -0.39 is 0 Å². The zero-order valence-corrected chi connectivity index (χ0v) is 20.0. The topological polar surface area (TPSA) is 49.3 Å². The zero-order valence-electron chi connectivity index (χ0n) is 20.0. The third kappa shape index (κ3) is 6.97. The molecule has 1 fully saturated rings. The molecule has 2 unspecified atom stereocenters. The lowest BCUT2D eigenvalue weighted by atomic mass is 10.1. The highest BCUT2D eigenvalue weighted by atomic mass is 16.5. The molecule has 174 valence electrons. The standard InChI is InChI=1S/C26H38N4O2/c1-5-27-26(28-17-25(29(2)3)23-11-13-24(31-4)14-12-23)30-16-15-22(18-30)20-32-19-21-9-7-6-8-10-21/h6-14,22,25H,5,15-20H2,1-4H3,(H,27,28). The largest absolute Gasteiger partial charge is 0.497 e. The number of rotatable bonds is 10. The predicted molar refractivity (Wildman–Crippen MR) is 131 cm³/mol. The number of methoxy groups -OCH3 is 1. The SMILES string of the molecule is CCNC(=NCC(c1ccc(OC)cc1)N(C)C)N1CCC(COCc2ccccc2)C1. The number of ether oxygens (including phenoxy) is 2. The maximum atomic E-state index is 5.99. The Bertz CT molecular complexity index is 823. The number of hydrogen-bond donors (Lipinski definition) is 1. The van der Waals surface area contributed by atoms with Gasteiger partial charge in [0, 0.05) is 25.6 Å². The average molecular weight is 439 g/mol. The van der Waals surface area contributed by atoms with Crippen LogP contribution in [-0.2, 0) is 11.3 Å². The molecule has 0 saturated carbocycles. The number of nitrogens with one attached hydrogen (secondary N) is 1. The molecule has 1 aliphatic rings. The minimum atomic E-state index is 0.210. The molecule has 0 aromatic heterocycles. The highest BCUT2D eigenvalue weighted by molar-refractivity contribution is 5.80. The second kappa shape index (κ2) is 12.5. The molecule has 2 aromatic carbocycles. The minimum absolute atomic E-state index is 0.210. The first-order chi connectivity index (χ1) is 15.6. The lowest BCUT2D eigenvalue weighted by molar-refractivity contribution is 0.0906. The van der Waals surface area contributed by atoms with E-state index in [1.807, 2.05) is 18.2 Å². The van der Waals surface area contributed by atoms with Crippen LogP contribution in [0, 0.1) is 5.92 Å². The average Bonchev–Trinajstić information content (AvgIpc) is 3.28. The Morgan fingerprint density at radius 3 is 2.56 bits per heavy atom. The van der Waals surface area contributed by atoms with Gasteiger partial charge in [-0.3, -0.25) is 4.99 Å². The van der Waals surface area contributed by atoms with Gasteiger partial charge in [-0.1, -0.05) is 42.5 Å². The van der Waals surface area contributed by atoms with Crippen LogP contribution in [0.15, 0.2) is 59.6 Å². The Morgan fingerprint density at radius 1 is 1.16 bits per heavy atom. The van der Waals surface area contributed by atoms with Gasteiger partial charge in [0.1, 0.15) is 5.75 Å². The Labute approximate surface area is 193 Å². The fourth-order valence-electron chi connectivity index (χ4n) is 4.07. The van der Waals surface area contributed by atoms with Crippen LogP contribution in [0.4, 0.5) is 0 Å². The number of likely N-dealkylation sites (N-methyl/N-ethyl adjacent to an activating group) is 1. The van der Waals surface area contributed by atoms with Crippen LogP contribution in [0.1, 0.15) is 30.5 Å². The Hall–Kier alpha value is -2.57. The van der Waals surface area contributed by atoms with Crippen molar-refractivity contribution in [1.82, 2.24) is 15.1 Å². The van der Waals surface area contributed by atoms with Crippen molar-refractivity contribution >= 4 is 5.96 Å². The van der Waals surface area contributed by atoms with Crippen molar-refractivity contribution in [3.8, 4) is 5.75 Å². The Kier molecular flexibility index (Phi) is 9.38. The maximum absolute atomic E-state index is 5.99. The Balaban J connectivity index is 1.57. The van der Waals surface area contributed by atoms with E-state index in [1.54, 1.807) is 7.11 Å². The molecule has 32 heavy (non-hydrogen) atoms. The van der Waals surface area contributed by atoms with Crippen LogP contribution >= 0.6 is 0 Å². The molecular formula is C26H38N4O2. The van der Waals surface area contributed by atoms with Gasteiger partial charge >= 0.3 is 0 Å². The zero-order chi connectivity index (χ0) is 22.8. The van der Waals surface area contributed by atoms with E-state index in [9.17, 15) is 0 Å². The molecule has 2 aromatic rings. The van der Waals surface area contributed by atoms with Crippen molar-refractivity contribution in [3.05, 3.63) is 65.7 Å². The molecule has 1 saturated heterocycles. The van der Waals surface area contributed by atoms with Crippen LogP contribution < -0.4 is 10.1 Å². The van der Waals surface area contributed by atoms with E-state index in [2.05, 4.69) is 72.5 Å². The first-order valence-corrected chi connectivity index (χ1v) is 11.6. The fraction of sp³-hybridized carbons (Fsp3) is 0.500. The summed E-state index contributed by atoms with van der Waals surface area (Å²) >= 11 is 0. The summed E-state index contributed by atoms with van der Waals surface area (Å²) in [5, 5.41) is 3.49. The van der Waals surface area contributed by atoms with E-state index >= 15 is 0 Å². The number of hydrogen-bond acceptors (Lipinski definition) is 4. The summed E-state index contributed by atoms with van der Waals surface area (Å²) in [5.74, 6) is 2.41. The molecule has 1 heterocycles. The lowest BCUT2D eigenvalue weighted by Crippen LogP contribution is -2.41. The van der Waals surface area contributed by atoms with Gasteiger partial charge in [0.15, 0.2) is 5.96 Å². The molecule has 0 spiro atoms. The summed E-state index contributed by atoms with van der Waals surface area (Å²) in [6.45, 7) is 7.15. The smallest absolute Gasteiger partial charge is 0.193 e. The van der Waals surface area contributed by atoms with E-state index in [0.717, 1.165) is 44.4 Å². The fourth-order valence-corrected chi connectivity index (χ4v) is 4.07. The second-order valence-corrected chi connectivity index (χ2v) is 8.55. The van der Waals surface area contributed by atoms with E-state index in [1.165, 1.54) is 11.1 Å². The molecule has 2 atom stereocenters. The molecule has 1 N–H and O–H groups in total. The number of nitrogens with zero attached hydrogens (tertiary/aromatic N) is 3. The van der Waals surface area contributed by atoms with Crippen LogP contribution in [0.25, 0.3) is 0 Å². The van der Waals surface area contributed by atoms with Gasteiger partial charge in [0.25, 0.3) is 0 Å². The third-order valence-corrected chi connectivity index (χ3v) is 5.92. The molecular weight excluding hydrogens is 400 g/mol. The van der Waals surface area contributed by atoms with E-state index in [-0.39, 0.29) is 6.04 Å². The van der Waals surface area contributed by atoms with Gasteiger partial charge in [-0.25, -0.2) is 0 Å². The molecule has 6 heteroatoms. The molecule has 1 aliphatic heterocycles. The Morgan fingerprint density at radius 2 is 1.91 bits per heavy atom. The summed E-state index contributed by atoms with van der Waals surface area (Å²) in [6, 6.07) is 18.9. The quantitative estimate of drug-likeness (QED) is 0.452. The van der Waals surface area contributed by atoms with Crippen LogP contribution in [-0.4, -0.2) is 69.8 Å². The van der Waals surface area contributed by atoms with Crippen molar-refractivity contribution in [1.29, 1.82) is 0 Å². The molecule has 0 amide bonds. The summed E-state index contributed by atoms with van der Waals surface area (Å²) in [5.41, 5.74) is 2.47. The van der Waals surface area contributed by atoms with Crippen molar-refractivity contribution < 1.29 is 9.47 Å². The van der Waals surface area contributed by atoms with Gasteiger partial charge in [0.05, 0.1) is 32.9 Å². The molecule has 0 aliphatic carbocycles. The first kappa shape index (κ1) is 24.1. The van der Waals surface area contributed by atoms with Gasteiger partial charge in [0.2, 0.25) is 0 Å². The monoisotopic (exact) mass is 438 g/mol. The van der Waals surface area contributed by atoms with Crippen molar-refractivity contribution in [2.45, 2.75) is 26.0 Å². The second-order valence-electron chi connectivity index (χ2n) is 8.55. The lowest BCUT2D eigenvalue weighted by Gasteiger charge is -2.26. The highest BCUT2D eigenvalue weighted by Crippen LogP contribution is 2.22. The summed E-state index contributed by atoms with van der Waals surface area (Å²) in [4.78, 5) is 9.61. The summed E-state index contributed by atoms with van der Waals surface area (Å²) in [6.07, 6.45) is 1.13. The van der Waals surface area contributed by atoms with Crippen LogP contribution in [0.2, 0.25) is 0 Å². The molecule has 6 nitrogen and oxygen atoms in total. The normalized spacial score (nSPS) is 17.6. The minimum Gasteiger partial charge on any atom is -0.497 e. The van der Waals surface area contributed by atoms with Gasteiger partial charge in [-0.05, 0) is 50.7 Å². The molecule has 0 bridgehead atoms. The summed E-state index contributed by atoms with van der Waals surface area (Å²) < 4.78 is 11.3. The number of guanidine groups is 1. The van der Waals surface area contributed by atoms with Crippen LogP contribution in [0.5, 0.6) is 5.75 Å². The molecule has 0 radical (unpaired) electrons. The predicted octanol–water partition coefficient (Wildman–Crippen LogP) is 3.80.